The first-order valence-corrected chi connectivity index (χ1v) is 8.66. The number of hydrogen-bond donors (Lipinski definition) is 0. The molecule has 1 aromatic carbocycles. The molecular weight excluding hydrogens is 338 g/mol. The van der Waals surface area contributed by atoms with Crippen LogP contribution >= 0.6 is 0 Å². The Morgan fingerprint density at radius 1 is 1.00 bits per heavy atom. The van der Waals surface area contributed by atoms with Crippen LogP contribution < -0.4 is 14.2 Å². The van der Waals surface area contributed by atoms with Crippen molar-refractivity contribution in [3.8, 4) is 17.2 Å². The predicted molar refractivity (Wildman–Crippen MR) is 94.3 cm³/mol. The first-order chi connectivity index (χ1) is 12.6. The molecule has 2 aliphatic rings. The zero-order valence-electron chi connectivity index (χ0n) is 15.2. The van der Waals surface area contributed by atoms with Crippen LogP contribution in [0.3, 0.4) is 0 Å². The van der Waals surface area contributed by atoms with Crippen molar-refractivity contribution in [3.63, 3.8) is 0 Å². The molecule has 3 rings (SSSR count). The van der Waals surface area contributed by atoms with Gasteiger partial charge in [0.15, 0.2) is 17.3 Å². The second-order valence-corrected chi connectivity index (χ2v) is 6.30. The molecule has 26 heavy (non-hydrogen) atoms. The van der Waals surface area contributed by atoms with Gasteiger partial charge in [-0.15, -0.1) is 0 Å². The molecule has 0 N–H and O–H groups in total. The number of nitrogens with zero attached hydrogens (tertiary/aromatic N) is 1. The second-order valence-electron chi connectivity index (χ2n) is 6.30. The Bertz CT molecular complexity index is 711. The molecule has 0 atom stereocenters. The minimum absolute atomic E-state index is 0.00912. The summed E-state index contributed by atoms with van der Waals surface area (Å²) in [4.78, 5) is 26.1. The van der Waals surface area contributed by atoms with Crippen LogP contribution in [0, 0.1) is 0 Å². The van der Waals surface area contributed by atoms with E-state index in [2.05, 4.69) is 0 Å². The largest absolute Gasteiger partial charge is 0.493 e. The topological polar surface area (TPSA) is 74.3 Å². The van der Waals surface area contributed by atoms with Crippen LogP contribution in [0.1, 0.15) is 37.7 Å². The van der Waals surface area contributed by atoms with Crippen molar-refractivity contribution in [1.29, 1.82) is 0 Å². The predicted octanol–water partition coefficient (Wildman–Crippen LogP) is 3.36. The van der Waals surface area contributed by atoms with Gasteiger partial charge in [0.1, 0.15) is 0 Å². The highest BCUT2D eigenvalue weighted by atomic mass is 16.6. The number of carbonyl (C=O) groups excluding carboxylic acids is 2. The zero-order chi connectivity index (χ0) is 18.7. The number of cyclic esters (lactones) is 1. The van der Waals surface area contributed by atoms with Gasteiger partial charge in [-0.1, -0.05) is 19.3 Å². The minimum atomic E-state index is -0.597. The highest BCUT2D eigenvalue weighted by molar-refractivity contribution is 6.10. The van der Waals surface area contributed by atoms with E-state index in [0.29, 0.717) is 22.8 Å². The highest BCUT2D eigenvalue weighted by Gasteiger charge is 2.41. The molecule has 1 aliphatic heterocycles. The molecule has 1 aliphatic carbocycles. The molecule has 0 radical (unpaired) electrons. The smallest absolute Gasteiger partial charge is 0.422 e. The minimum Gasteiger partial charge on any atom is -0.493 e. The summed E-state index contributed by atoms with van der Waals surface area (Å²) in [5, 5.41) is 0. The summed E-state index contributed by atoms with van der Waals surface area (Å²) >= 11 is 0. The van der Waals surface area contributed by atoms with Crippen LogP contribution in [0.15, 0.2) is 17.9 Å². The van der Waals surface area contributed by atoms with Gasteiger partial charge in [0.2, 0.25) is 5.75 Å². The number of imide groups is 1. The van der Waals surface area contributed by atoms with Gasteiger partial charge >= 0.3 is 6.09 Å². The Balaban J connectivity index is 1.90. The van der Waals surface area contributed by atoms with Gasteiger partial charge in [-0.05, 0) is 36.6 Å². The van der Waals surface area contributed by atoms with Crippen molar-refractivity contribution in [2.24, 2.45) is 0 Å². The van der Waals surface area contributed by atoms with E-state index >= 15 is 0 Å². The number of methoxy groups -OCH3 is 3. The van der Waals surface area contributed by atoms with Gasteiger partial charge in [-0.25, -0.2) is 9.69 Å². The summed E-state index contributed by atoms with van der Waals surface area (Å²) < 4.78 is 21.1. The molecule has 1 saturated carbocycles. The lowest BCUT2D eigenvalue weighted by Gasteiger charge is -2.27. The lowest BCUT2D eigenvalue weighted by Crippen LogP contribution is -2.40. The van der Waals surface area contributed by atoms with Crippen LogP contribution in [0.2, 0.25) is 0 Å². The lowest BCUT2D eigenvalue weighted by molar-refractivity contribution is -0.125. The molecule has 0 bridgehead atoms. The van der Waals surface area contributed by atoms with E-state index in [1.807, 2.05) is 0 Å². The maximum absolute atomic E-state index is 12.7. The summed E-state index contributed by atoms with van der Waals surface area (Å²) in [7, 11) is 4.54. The summed E-state index contributed by atoms with van der Waals surface area (Å²) in [6, 6.07) is 3.31. The molecule has 7 heteroatoms. The van der Waals surface area contributed by atoms with E-state index in [4.69, 9.17) is 18.9 Å². The van der Waals surface area contributed by atoms with Crippen molar-refractivity contribution >= 4 is 18.1 Å². The normalized spacial score (nSPS) is 19.7. The van der Waals surface area contributed by atoms with Crippen LogP contribution in [0.25, 0.3) is 6.08 Å². The molecule has 0 unspecified atom stereocenters. The highest BCUT2D eigenvalue weighted by Crippen LogP contribution is 2.39. The van der Waals surface area contributed by atoms with E-state index in [1.54, 1.807) is 12.1 Å². The molecule has 2 amide bonds. The maximum atomic E-state index is 12.7. The first kappa shape index (κ1) is 18.1. The van der Waals surface area contributed by atoms with E-state index in [0.717, 1.165) is 32.1 Å². The average Bonchev–Trinajstić information content (AvgIpc) is 2.94. The summed E-state index contributed by atoms with van der Waals surface area (Å²) in [5.41, 5.74) is 0.612. The molecule has 2 fully saturated rings. The van der Waals surface area contributed by atoms with Gasteiger partial charge in [0.25, 0.3) is 5.91 Å². The van der Waals surface area contributed by atoms with Crippen LogP contribution in [-0.4, -0.2) is 44.3 Å². The number of carbonyl (C=O) groups is 2. The van der Waals surface area contributed by atoms with Gasteiger partial charge < -0.3 is 18.9 Å². The summed E-state index contributed by atoms with van der Waals surface area (Å²) in [6.45, 7) is 0. The third kappa shape index (κ3) is 3.34. The fraction of sp³-hybridized carbons (Fsp3) is 0.474. The van der Waals surface area contributed by atoms with Gasteiger partial charge in [-0.2, -0.15) is 0 Å². The van der Waals surface area contributed by atoms with Crippen molar-refractivity contribution in [1.82, 2.24) is 4.90 Å². The van der Waals surface area contributed by atoms with Gasteiger partial charge in [-0.3, -0.25) is 4.79 Å². The Hall–Kier alpha value is -2.70. The number of hydrogen-bond acceptors (Lipinski definition) is 6. The Morgan fingerprint density at radius 2 is 1.62 bits per heavy atom. The second kappa shape index (κ2) is 7.68. The monoisotopic (exact) mass is 361 g/mol. The van der Waals surface area contributed by atoms with Crippen molar-refractivity contribution in [2.45, 2.75) is 38.1 Å². The van der Waals surface area contributed by atoms with Crippen LogP contribution in [-0.2, 0) is 9.53 Å². The van der Waals surface area contributed by atoms with Crippen molar-refractivity contribution in [3.05, 3.63) is 23.5 Å². The number of ether oxygens (including phenoxy) is 4. The fourth-order valence-electron chi connectivity index (χ4n) is 3.47. The summed E-state index contributed by atoms with van der Waals surface area (Å²) in [5.74, 6) is 0.987. The number of amides is 2. The van der Waals surface area contributed by atoms with Gasteiger partial charge in [0.05, 0.1) is 21.3 Å². The summed E-state index contributed by atoms with van der Waals surface area (Å²) in [6.07, 6.45) is 5.77. The molecule has 1 saturated heterocycles. The molecule has 1 aromatic rings. The average molecular weight is 361 g/mol. The van der Waals surface area contributed by atoms with E-state index in [1.165, 1.54) is 32.3 Å². The Morgan fingerprint density at radius 3 is 2.15 bits per heavy atom. The molecule has 7 nitrogen and oxygen atoms in total. The standard InChI is InChI=1S/C19H23NO6/c1-23-14-9-12(10-15(24-2)17(14)25-3)11-16-18(21)20(19(22)26-16)13-7-5-4-6-8-13/h9-11,13H,4-8H2,1-3H3. The molecule has 1 heterocycles. The SMILES string of the molecule is COc1cc(C=C2OC(=O)N(C3CCCCC3)C2=O)cc(OC)c1OC. The van der Waals surface area contributed by atoms with E-state index < -0.39 is 12.0 Å². The molecule has 0 aromatic heterocycles. The zero-order valence-corrected chi connectivity index (χ0v) is 15.2. The molecule has 140 valence electrons. The molecular formula is C19H23NO6. The van der Waals surface area contributed by atoms with Crippen molar-refractivity contribution in [2.75, 3.05) is 21.3 Å². The first-order valence-electron chi connectivity index (χ1n) is 8.66. The molecule has 0 spiro atoms. The number of benzene rings is 1. The quantitative estimate of drug-likeness (QED) is 0.749. The fourth-order valence-corrected chi connectivity index (χ4v) is 3.47. The van der Waals surface area contributed by atoms with E-state index in [-0.39, 0.29) is 11.8 Å². The Labute approximate surface area is 152 Å². The third-order valence-corrected chi connectivity index (χ3v) is 4.75. The van der Waals surface area contributed by atoms with Crippen LogP contribution in [0.4, 0.5) is 4.79 Å². The van der Waals surface area contributed by atoms with Crippen molar-refractivity contribution < 1.29 is 28.5 Å². The number of rotatable bonds is 5. The van der Waals surface area contributed by atoms with E-state index in [9.17, 15) is 9.59 Å². The Kier molecular flexibility index (Phi) is 5.35. The lowest BCUT2D eigenvalue weighted by atomic mass is 9.94. The maximum Gasteiger partial charge on any atom is 0.422 e. The van der Waals surface area contributed by atoms with Crippen LogP contribution in [0.5, 0.6) is 17.2 Å². The van der Waals surface area contributed by atoms with Gasteiger partial charge in [0, 0.05) is 6.04 Å². The third-order valence-electron chi connectivity index (χ3n) is 4.75.